The second-order valence-corrected chi connectivity index (χ2v) is 4.96. The number of likely N-dealkylation sites (N-methyl/N-ethyl adjacent to an activating group) is 1. The summed E-state index contributed by atoms with van der Waals surface area (Å²) in [5.74, 6) is 0. The van der Waals surface area contributed by atoms with Gasteiger partial charge >= 0.3 is 0 Å². The first-order valence-electron chi connectivity index (χ1n) is 5.60. The third-order valence-electron chi connectivity index (χ3n) is 2.44. The van der Waals surface area contributed by atoms with Gasteiger partial charge in [-0.2, -0.15) is 0 Å². The van der Waals surface area contributed by atoms with Crippen LogP contribution in [0.25, 0.3) is 0 Å². The molecule has 0 aliphatic rings. The van der Waals surface area contributed by atoms with E-state index in [9.17, 15) is 5.11 Å². The molecule has 0 aliphatic heterocycles. The van der Waals surface area contributed by atoms with Crippen LogP contribution in [0.5, 0.6) is 0 Å². The van der Waals surface area contributed by atoms with E-state index in [0.717, 1.165) is 6.54 Å². The van der Waals surface area contributed by atoms with Crippen molar-refractivity contribution in [3.05, 3.63) is 35.4 Å². The molecule has 3 N–H and O–H groups in total. The van der Waals surface area contributed by atoms with Gasteiger partial charge in [0.05, 0.1) is 5.60 Å². The minimum Gasteiger partial charge on any atom is -0.389 e. The summed E-state index contributed by atoms with van der Waals surface area (Å²) in [6.45, 7) is 5.66. The highest BCUT2D eigenvalue weighted by atomic mass is 16.3. The molecule has 0 spiro atoms. The topological polar surface area (TPSA) is 49.5 Å². The second kappa shape index (κ2) is 5.43. The summed E-state index contributed by atoms with van der Waals surface area (Å²) in [5.41, 5.74) is 7.43. The van der Waals surface area contributed by atoms with Crippen LogP contribution in [0.3, 0.4) is 0 Å². The van der Waals surface area contributed by atoms with Gasteiger partial charge in [-0.3, -0.25) is 4.90 Å². The quantitative estimate of drug-likeness (QED) is 0.790. The smallest absolute Gasteiger partial charge is 0.0718 e. The fourth-order valence-corrected chi connectivity index (χ4v) is 1.92. The Labute approximate surface area is 97.9 Å². The van der Waals surface area contributed by atoms with Crippen molar-refractivity contribution in [1.82, 2.24) is 4.90 Å². The summed E-state index contributed by atoms with van der Waals surface area (Å²) >= 11 is 0. The van der Waals surface area contributed by atoms with E-state index < -0.39 is 5.60 Å². The van der Waals surface area contributed by atoms with Gasteiger partial charge in [-0.25, -0.2) is 0 Å². The maximum atomic E-state index is 9.73. The predicted molar refractivity (Wildman–Crippen MR) is 67.0 cm³/mol. The highest BCUT2D eigenvalue weighted by molar-refractivity contribution is 5.26. The van der Waals surface area contributed by atoms with Gasteiger partial charge in [0.15, 0.2) is 0 Å². The first-order valence-corrected chi connectivity index (χ1v) is 5.60. The Kier molecular flexibility index (Phi) is 4.47. The minimum atomic E-state index is -0.660. The first kappa shape index (κ1) is 13.2. The molecule has 0 aromatic heterocycles. The van der Waals surface area contributed by atoms with Crippen molar-refractivity contribution >= 4 is 0 Å². The third-order valence-corrected chi connectivity index (χ3v) is 2.44. The van der Waals surface area contributed by atoms with E-state index in [1.54, 1.807) is 0 Å². The number of hydrogen-bond donors (Lipinski definition) is 2. The Balaban J connectivity index is 2.65. The Hall–Kier alpha value is -0.900. The van der Waals surface area contributed by atoms with Crippen molar-refractivity contribution in [3.8, 4) is 0 Å². The molecule has 0 amide bonds. The lowest BCUT2D eigenvalue weighted by Crippen LogP contribution is -2.36. The molecule has 3 nitrogen and oxygen atoms in total. The Morgan fingerprint density at radius 3 is 2.31 bits per heavy atom. The van der Waals surface area contributed by atoms with E-state index in [1.165, 1.54) is 11.1 Å². The molecule has 0 atom stereocenters. The van der Waals surface area contributed by atoms with Crippen LogP contribution >= 0.6 is 0 Å². The van der Waals surface area contributed by atoms with E-state index in [1.807, 2.05) is 39.1 Å². The summed E-state index contributed by atoms with van der Waals surface area (Å²) in [6.07, 6.45) is 0. The normalized spacial score (nSPS) is 12.1. The lowest BCUT2D eigenvalue weighted by Gasteiger charge is -2.26. The molecule has 0 saturated carbocycles. The molecule has 0 unspecified atom stereocenters. The minimum absolute atomic E-state index is 0.562. The van der Waals surface area contributed by atoms with Gasteiger partial charge in [0, 0.05) is 19.6 Å². The van der Waals surface area contributed by atoms with Crippen LogP contribution in [0.2, 0.25) is 0 Å². The van der Waals surface area contributed by atoms with E-state index >= 15 is 0 Å². The van der Waals surface area contributed by atoms with Gasteiger partial charge in [0.2, 0.25) is 0 Å². The average Bonchev–Trinajstić information content (AvgIpc) is 2.15. The largest absolute Gasteiger partial charge is 0.389 e. The molecule has 1 rings (SSSR count). The highest BCUT2D eigenvalue weighted by Crippen LogP contribution is 2.12. The van der Waals surface area contributed by atoms with Crippen LogP contribution in [0.4, 0.5) is 0 Å². The molecular weight excluding hydrogens is 200 g/mol. The summed E-state index contributed by atoms with van der Waals surface area (Å²) in [6, 6.07) is 8.16. The summed E-state index contributed by atoms with van der Waals surface area (Å²) < 4.78 is 0. The van der Waals surface area contributed by atoms with Crippen molar-refractivity contribution < 1.29 is 5.11 Å². The van der Waals surface area contributed by atoms with Crippen LogP contribution in [0, 0.1) is 0 Å². The van der Waals surface area contributed by atoms with Crippen molar-refractivity contribution in [1.29, 1.82) is 0 Å². The molecule has 0 radical (unpaired) electrons. The van der Waals surface area contributed by atoms with Crippen LogP contribution in [-0.2, 0) is 13.1 Å². The van der Waals surface area contributed by atoms with Gasteiger partial charge in [-0.15, -0.1) is 0 Å². The van der Waals surface area contributed by atoms with E-state index in [2.05, 4.69) is 11.0 Å². The lowest BCUT2D eigenvalue weighted by molar-refractivity contribution is 0.0424. The molecule has 1 aromatic rings. The second-order valence-electron chi connectivity index (χ2n) is 4.96. The van der Waals surface area contributed by atoms with Crippen molar-refractivity contribution in [2.45, 2.75) is 32.5 Å². The van der Waals surface area contributed by atoms with Crippen LogP contribution in [0.1, 0.15) is 25.0 Å². The van der Waals surface area contributed by atoms with Crippen LogP contribution < -0.4 is 5.73 Å². The van der Waals surface area contributed by atoms with Crippen molar-refractivity contribution in [3.63, 3.8) is 0 Å². The standard InChI is InChI=1S/C13H22N2O/c1-13(2,16)10-15(3)9-12-7-5-4-6-11(12)8-14/h4-7,16H,8-10,14H2,1-3H3. The Morgan fingerprint density at radius 2 is 1.81 bits per heavy atom. The van der Waals surface area contributed by atoms with Crippen molar-refractivity contribution in [2.24, 2.45) is 5.73 Å². The zero-order valence-corrected chi connectivity index (χ0v) is 10.4. The monoisotopic (exact) mass is 222 g/mol. The summed E-state index contributed by atoms with van der Waals surface area (Å²) in [4.78, 5) is 2.11. The molecule has 1 aromatic carbocycles. The van der Waals surface area contributed by atoms with Gasteiger partial charge in [0.1, 0.15) is 0 Å². The van der Waals surface area contributed by atoms with Crippen LogP contribution in [0.15, 0.2) is 24.3 Å². The molecule has 0 saturated heterocycles. The summed E-state index contributed by atoms with van der Waals surface area (Å²) in [7, 11) is 2.01. The number of nitrogens with two attached hydrogens (primary N) is 1. The number of hydrogen-bond acceptors (Lipinski definition) is 3. The number of rotatable bonds is 5. The predicted octanol–water partition coefficient (Wildman–Crippen LogP) is 1.35. The molecule has 0 fully saturated rings. The number of aliphatic hydroxyl groups is 1. The fourth-order valence-electron chi connectivity index (χ4n) is 1.92. The van der Waals surface area contributed by atoms with Crippen molar-refractivity contribution in [2.75, 3.05) is 13.6 Å². The van der Waals surface area contributed by atoms with Crippen LogP contribution in [-0.4, -0.2) is 29.2 Å². The van der Waals surface area contributed by atoms with Gasteiger partial charge in [0.25, 0.3) is 0 Å². The third kappa shape index (κ3) is 4.31. The summed E-state index contributed by atoms with van der Waals surface area (Å²) in [5, 5.41) is 9.73. The average molecular weight is 222 g/mol. The van der Waals surface area contributed by atoms with E-state index in [-0.39, 0.29) is 0 Å². The maximum Gasteiger partial charge on any atom is 0.0718 e. The number of nitrogens with zero attached hydrogens (tertiary/aromatic N) is 1. The van der Waals surface area contributed by atoms with Gasteiger partial charge < -0.3 is 10.8 Å². The Morgan fingerprint density at radius 1 is 1.25 bits per heavy atom. The molecule has 0 heterocycles. The Bertz CT molecular complexity index is 331. The number of benzene rings is 1. The molecule has 0 bridgehead atoms. The fraction of sp³-hybridized carbons (Fsp3) is 0.538. The maximum absolute atomic E-state index is 9.73. The van der Waals surface area contributed by atoms with Gasteiger partial charge in [-0.1, -0.05) is 24.3 Å². The molecule has 0 aliphatic carbocycles. The molecular formula is C13H22N2O. The molecule has 3 heteroatoms. The van der Waals surface area contributed by atoms with Gasteiger partial charge in [-0.05, 0) is 32.0 Å². The zero-order valence-electron chi connectivity index (χ0n) is 10.4. The zero-order chi connectivity index (χ0) is 12.2. The SMILES string of the molecule is CN(Cc1ccccc1CN)CC(C)(C)O. The van der Waals surface area contributed by atoms with E-state index in [0.29, 0.717) is 13.1 Å². The highest BCUT2D eigenvalue weighted by Gasteiger charge is 2.16. The lowest BCUT2D eigenvalue weighted by atomic mass is 10.1. The molecule has 90 valence electrons. The van der Waals surface area contributed by atoms with E-state index in [4.69, 9.17) is 5.73 Å². The first-order chi connectivity index (χ1) is 7.42. The molecule has 16 heavy (non-hydrogen) atoms.